The van der Waals surface area contributed by atoms with Crippen LogP contribution in [0.1, 0.15) is 50.5 Å². The lowest BCUT2D eigenvalue weighted by atomic mass is 9.92. The summed E-state index contributed by atoms with van der Waals surface area (Å²) in [4.78, 5) is 0. The number of nitrogens with zero attached hydrogens (tertiary/aromatic N) is 3. The van der Waals surface area contributed by atoms with Gasteiger partial charge in [-0.15, -0.1) is 5.10 Å². The molecule has 1 saturated carbocycles. The minimum absolute atomic E-state index is 0.483. The van der Waals surface area contributed by atoms with Crippen molar-refractivity contribution in [2.45, 2.75) is 52.1 Å². The first-order chi connectivity index (χ1) is 7.66. The molecule has 1 aliphatic carbocycles. The van der Waals surface area contributed by atoms with Crippen molar-refractivity contribution in [3.63, 3.8) is 0 Å². The van der Waals surface area contributed by atoms with Crippen LogP contribution < -0.4 is 5.32 Å². The van der Waals surface area contributed by atoms with Gasteiger partial charge in [0.05, 0.1) is 17.4 Å². The number of hydrogen-bond donors (Lipinski definition) is 1. The van der Waals surface area contributed by atoms with Gasteiger partial charge in [0, 0.05) is 19.5 Å². The fourth-order valence-electron chi connectivity index (χ4n) is 3.06. The smallest absolute Gasteiger partial charge is 0.0997 e. The zero-order valence-corrected chi connectivity index (χ0v) is 10.2. The zero-order chi connectivity index (χ0) is 11.2. The molecule has 4 nitrogen and oxygen atoms in total. The third-order valence-electron chi connectivity index (χ3n) is 3.99. The topological polar surface area (TPSA) is 42.7 Å². The van der Waals surface area contributed by atoms with Crippen LogP contribution in [0.3, 0.4) is 0 Å². The molecule has 1 fully saturated rings. The highest BCUT2D eigenvalue weighted by Gasteiger charge is 2.34. The van der Waals surface area contributed by atoms with Crippen LogP contribution in [0.5, 0.6) is 0 Å². The third kappa shape index (κ3) is 1.65. The van der Waals surface area contributed by atoms with Crippen molar-refractivity contribution in [1.29, 1.82) is 0 Å². The number of aromatic nitrogens is 3. The molecule has 88 valence electrons. The van der Waals surface area contributed by atoms with Gasteiger partial charge in [0.15, 0.2) is 0 Å². The second-order valence-corrected chi connectivity index (χ2v) is 5.92. The standard InChI is InChI=1S/C12H20N4/c1-12(2)5-3-9(7-12)16-11-4-6-13-8-10(11)14-15-16/h9,13H,3-8H2,1-2H3. The van der Waals surface area contributed by atoms with Crippen molar-refractivity contribution in [2.75, 3.05) is 6.54 Å². The first kappa shape index (κ1) is 10.3. The summed E-state index contributed by atoms with van der Waals surface area (Å²) in [6.07, 6.45) is 4.90. The maximum atomic E-state index is 4.37. The number of fused-ring (bicyclic) bond motifs is 1. The molecule has 0 saturated heterocycles. The van der Waals surface area contributed by atoms with Gasteiger partial charge in [0.2, 0.25) is 0 Å². The molecule has 2 heterocycles. The van der Waals surface area contributed by atoms with Crippen LogP contribution in [0.4, 0.5) is 0 Å². The van der Waals surface area contributed by atoms with Gasteiger partial charge in [0.25, 0.3) is 0 Å². The highest BCUT2D eigenvalue weighted by Crippen LogP contribution is 2.43. The molecule has 1 aromatic heterocycles. The maximum Gasteiger partial charge on any atom is 0.0997 e. The molecular formula is C12H20N4. The van der Waals surface area contributed by atoms with Crippen LogP contribution in [0, 0.1) is 5.41 Å². The van der Waals surface area contributed by atoms with Crippen LogP contribution >= 0.6 is 0 Å². The molecule has 0 aromatic carbocycles. The van der Waals surface area contributed by atoms with Crippen molar-refractivity contribution in [3.8, 4) is 0 Å². The number of rotatable bonds is 1. The second-order valence-electron chi connectivity index (χ2n) is 5.92. The quantitative estimate of drug-likeness (QED) is 0.783. The minimum Gasteiger partial charge on any atom is -0.311 e. The van der Waals surface area contributed by atoms with E-state index in [0.717, 1.165) is 25.2 Å². The van der Waals surface area contributed by atoms with E-state index in [2.05, 4.69) is 34.2 Å². The summed E-state index contributed by atoms with van der Waals surface area (Å²) in [5, 5.41) is 12.0. The lowest BCUT2D eigenvalue weighted by molar-refractivity contribution is 0.343. The van der Waals surface area contributed by atoms with Crippen LogP contribution in [0.15, 0.2) is 0 Å². The fraction of sp³-hybridized carbons (Fsp3) is 0.833. The predicted octanol–water partition coefficient (Wildman–Crippen LogP) is 1.67. The number of nitrogens with one attached hydrogen (secondary N) is 1. The van der Waals surface area contributed by atoms with Gasteiger partial charge >= 0.3 is 0 Å². The first-order valence-electron chi connectivity index (χ1n) is 6.29. The minimum atomic E-state index is 0.483. The third-order valence-corrected chi connectivity index (χ3v) is 3.99. The average Bonchev–Trinajstić information content (AvgIpc) is 2.81. The Bertz CT molecular complexity index is 394. The molecule has 1 N–H and O–H groups in total. The Kier molecular flexibility index (Phi) is 2.28. The highest BCUT2D eigenvalue weighted by molar-refractivity contribution is 5.14. The summed E-state index contributed by atoms with van der Waals surface area (Å²) in [5.74, 6) is 0. The second kappa shape index (κ2) is 3.55. The van der Waals surface area contributed by atoms with Crippen molar-refractivity contribution in [1.82, 2.24) is 20.3 Å². The lowest BCUT2D eigenvalue weighted by Gasteiger charge is -2.19. The summed E-state index contributed by atoms with van der Waals surface area (Å²) in [6.45, 7) is 6.68. The molecule has 1 aromatic rings. The van der Waals surface area contributed by atoms with Crippen molar-refractivity contribution in [2.24, 2.45) is 5.41 Å². The summed E-state index contributed by atoms with van der Waals surface area (Å²) in [5.41, 5.74) is 3.02. The SMILES string of the molecule is CC1(C)CCC(n2nnc3c2CCNC3)C1. The molecule has 1 unspecified atom stereocenters. The van der Waals surface area contributed by atoms with Crippen LogP contribution in [-0.4, -0.2) is 21.5 Å². The normalized spacial score (nSPS) is 28.0. The number of hydrogen-bond acceptors (Lipinski definition) is 3. The van der Waals surface area contributed by atoms with E-state index in [1.165, 1.54) is 25.0 Å². The van der Waals surface area contributed by atoms with E-state index in [-0.39, 0.29) is 0 Å². The van der Waals surface area contributed by atoms with E-state index >= 15 is 0 Å². The molecule has 4 heteroatoms. The molecule has 0 radical (unpaired) electrons. The fourth-order valence-corrected chi connectivity index (χ4v) is 3.06. The molecule has 2 aliphatic rings. The Balaban J connectivity index is 1.87. The molecule has 1 aliphatic heterocycles. The molecule has 3 rings (SSSR count). The Morgan fingerprint density at radius 1 is 1.44 bits per heavy atom. The summed E-state index contributed by atoms with van der Waals surface area (Å²) < 4.78 is 2.21. The molecule has 1 atom stereocenters. The molecular weight excluding hydrogens is 200 g/mol. The molecule has 0 spiro atoms. The van der Waals surface area contributed by atoms with Crippen LogP contribution in [0.2, 0.25) is 0 Å². The van der Waals surface area contributed by atoms with Gasteiger partial charge in [-0.05, 0) is 24.7 Å². The molecule has 0 bridgehead atoms. The first-order valence-corrected chi connectivity index (χ1v) is 6.29. The zero-order valence-electron chi connectivity index (χ0n) is 10.2. The van der Waals surface area contributed by atoms with Gasteiger partial charge in [-0.1, -0.05) is 19.1 Å². The van der Waals surface area contributed by atoms with Gasteiger partial charge in [-0.25, -0.2) is 4.68 Å². The van der Waals surface area contributed by atoms with Gasteiger partial charge in [-0.2, -0.15) is 0 Å². The summed E-state index contributed by atoms with van der Waals surface area (Å²) in [6, 6.07) is 0.587. The van der Waals surface area contributed by atoms with Gasteiger partial charge in [0.1, 0.15) is 0 Å². The van der Waals surface area contributed by atoms with E-state index < -0.39 is 0 Å². The van der Waals surface area contributed by atoms with Crippen molar-refractivity contribution < 1.29 is 0 Å². The van der Waals surface area contributed by atoms with Crippen LogP contribution in [-0.2, 0) is 13.0 Å². The maximum absolute atomic E-state index is 4.37. The van der Waals surface area contributed by atoms with Gasteiger partial charge in [-0.3, -0.25) is 0 Å². The average molecular weight is 220 g/mol. The van der Waals surface area contributed by atoms with Gasteiger partial charge < -0.3 is 5.32 Å². The van der Waals surface area contributed by atoms with E-state index in [1.54, 1.807) is 0 Å². The Labute approximate surface area is 96.4 Å². The molecule has 16 heavy (non-hydrogen) atoms. The van der Waals surface area contributed by atoms with Crippen molar-refractivity contribution in [3.05, 3.63) is 11.4 Å². The predicted molar refractivity (Wildman–Crippen MR) is 62.1 cm³/mol. The largest absolute Gasteiger partial charge is 0.311 e. The summed E-state index contributed by atoms with van der Waals surface area (Å²) >= 11 is 0. The van der Waals surface area contributed by atoms with E-state index in [4.69, 9.17) is 0 Å². The monoisotopic (exact) mass is 220 g/mol. The Hall–Kier alpha value is -0.900. The summed E-state index contributed by atoms with van der Waals surface area (Å²) in [7, 11) is 0. The highest BCUT2D eigenvalue weighted by atomic mass is 15.4. The van der Waals surface area contributed by atoms with E-state index in [1.807, 2.05) is 0 Å². The van der Waals surface area contributed by atoms with Crippen LogP contribution in [0.25, 0.3) is 0 Å². The van der Waals surface area contributed by atoms with E-state index in [0.29, 0.717) is 11.5 Å². The van der Waals surface area contributed by atoms with E-state index in [9.17, 15) is 0 Å². The Morgan fingerprint density at radius 2 is 2.31 bits per heavy atom. The molecule has 0 amide bonds. The lowest BCUT2D eigenvalue weighted by Crippen LogP contribution is -2.26. The van der Waals surface area contributed by atoms with Crippen molar-refractivity contribution >= 4 is 0 Å². The Morgan fingerprint density at radius 3 is 3.06 bits per heavy atom.